The second-order valence-corrected chi connectivity index (χ2v) is 6.04. The number of hydrogen-bond donors (Lipinski definition) is 2. The average molecular weight is 354 g/mol. The van der Waals surface area contributed by atoms with Crippen molar-refractivity contribution in [2.75, 3.05) is 25.4 Å². The number of nitrogen functional groups attached to an aromatic ring is 1. The SMILES string of the molecule is Nc1ccc(C(=O)NCCC(=O)N2CCCCC2)cc1Br. The molecule has 0 atom stereocenters. The van der Waals surface area contributed by atoms with Gasteiger partial charge in [0.25, 0.3) is 5.91 Å². The molecule has 0 radical (unpaired) electrons. The molecule has 0 spiro atoms. The number of likely N-dealkylation sites (tertiary alicyclic amines) is 1. The highest BCUT2D eigenvalue weighted by molar-refractivity contribution is 9.10. The summed E-state index contributed by atoms with van der Waals surface area (Å²) in [5.41, 5.74) is 6.80. The Morgan fingerprint density at radius 3 is 2.62 bits per heavy atom. The number of piperidine rings is 1. The molecule has 5 nitrogen and oxygen atoms in total. The summed E-state index contributed by atoms with van der Waals surface area (Å²) in [7, 11) is 0. The standard InChI is InChI=1S/C15H20BrN3O2/c16-12-10-11(4-5-13(12)17)15(21)18-7-6-14(20)19-8-2-1-3-9-19/h4-5,10H,1-3,6-9,17H2,(H,18,21). The lowest BCUT2D eigenvalue weighted by atomic mass is 10.1. The van der Waals surface area contributed by atoms with E-state index >= 15 is 0 Å². The monoisotopic (exact) mass is 353 g/mol. The van der Waals surface area contributed by atoms with Crippen molar-refractivity contribution in [1.82, 2.24) is 10.2 Å². The van der Waals surface area contributed by atoms with E-state index in [0.29, 0.717) is 28.7 Å². The molecule has 3 N–H and O–H groups in total. The van der Waals surface area contributed by atoms with Crippen molar-refractivity contribution in [1.29, 1.82) is 0 Å². The summed E-state index contributed by atoms with van der Waals surface area (Å²) >= 11 is 3.29. The maximum Gasteiger partial charge on any atom is 0.251 e. The highest BCUT2D eigenvalue weighted by atomic mass is 79.9. The molecule has 1 aromatic rings. The van der Waals surface area contributed by atoms with Crippen molar-refractivity contribution in [3.05, 3.63) is 28.2 Å². The van der Waals surface area contributed by atoms with Crippen LogP contribution in [0, 0.1) is 0 Å². The minimum atomic E-state index is -0.192. The number of rotatable bonds is 4. The van der Waals surface area contributed by atoms with Gasteiger partial charge in [0.1, 0.15) is 0 Å². The van der Waals surface area contributed by atoms with E-state index in [1.807, 2.05) is 4.90 Å². The zero-order chi connectivity index (χ0) is 15.2. The van der Waals surface area contributed by atoms with Crippen LogP contribution in [0.5, 0.6) is 0 Å². The van der Waals surface area contributed by atoms with Crippen molar-refractivity contribution in [3.8, 4) is 0 Å². The van der Waals surface area contributed by atoms with Crippen LogP contribution in [-0.2, 0) is 4.79 Å². The van der Waals surface area contributed by atoms with Crippen molar-refractivity contribution >= 4 is 33.4 Å². The van der Waals surface area contributed by atoms with E-state index in [9.17, 15) is 9.59 Å². The lowest BCUT2D eigenvalue weighted by molar-refractivity contribution is -0.131. The van der Waals surface area contributed by atoms with E-state index < -0.39 is 0 Å². The topological polar surface area (TPSA) is 75.4 Å². The second-order valence-electron chi connectivity index (χ2n) is 5.18. The van der Waals surface area contributed by atoms with Gasteiger partial charge in [-0.2, -0.15) is 0 Å². The molecule has 6 heteroatoms. The molecule has 0 aromatic heterocycles. The maximum atomic E-state index is 12.0. The average Bonchev–Trinajstić information content (AvgIpc) is 2.50. The molecule has 0 aliphatic carbocycles. The summed E-state index contributed by atoms with van der Waals surface area (Å²) in [4.78, 5) is 25.8. The highest BCUT2D eigenvalue weighted by Gasteiger charge is 2.16. The fourth-order valence-corrected chi connectivity index (χ4v) is 2.73. The number of anilines is 1. The summed E-state index contributed by atoms with van der Waals surface area (Å²) in [6.45, 7) is 2.05. The van der Waals surface area contributed by atoms with Crippen molar-refractivity contribution < 1.29 is 9.59 Å². The first-order chi connectivity index (χ1) is 10.1. The summed E-state index contributed by atoms with van der Waals surface area (Å²) in [5.74, 6) is -0.0735. The maximum absolute atomic E-state index is 12.0. The Balaban J connectivity index is 1.78. The van der Waals surface area contributed by atoms with Crippen LogP contribution >= 0.6 is 15.9 Å². The van der Waals surface area contributed by atoms with Crippen LogP contribution in [0.25, 0.3) is 0 Å². The number of nitrogens with one attached hydrogen (secondary N) is 1. The molecular weight excluding hydrogens is 334 g/mol. The first kappa shape index (κ1) is 15.8. The molecule has 21 heavy (non-hydrogen) atoms. The Kier molecular flexibility index (Phi) is 5.61. The minimum Gasteiger partial charge on any atom is -0.398 e. The number of amides is 2. The minimum absolute atomic E-state index is 0.119. The number of nitrogens with two attached hydrogens (primary N) is 1. The van der Waals surface area contributed by atoms with E-state index in [-0.39, 0.29) is 11.8 Å². The van der Waals surface area contributed by atoms with Gasteiger partial charge in [-0.1, -0.05) is 0 Å². The number of nitrogens with zero attached hydrogens (tertiary/aromatic N) is 1. The fraction of sp³-hybridized carbons (Fsp3) is 0.467. The van der Waals surface area contributed by atoms with Crippen LogP contribution in [0.1, 0.15) is 36.0 Å². The van der Waals surface area contributed by atoms with Crippen molar-refractivity contribution in [3.63, 3.8) is 0 Å². The van der Waals surface area contributed by atoms with Gasteiger partial charge in [-0.3, -0.25) is 9.59 Å². The van der Waals surface area contributed by atoms with Gasteiger partial charge in [0.05, 0.1) is 0 Å². The van der Waals surface area contributed by atoms with E-state index in [4.69, 9.17) is 5.73 Å². The van der Waals surface area contributed by atoms with Gasteiger partial charge in [0.15, 0.2) is 0 Å². The Morgan fingerprint density at radius 1 is 1.24 bits per heavy atom. The number of carbonyl (C=O) groups is 2. The predicted molar refractivity (Wildman–Crippen MR) is 85.9 cm³/mol. The molecule has 2 amide bonds. The Labute approximate surface area is 133 Å². The van der Waals surface area contributed by atoms with Gasteiger partial charge in [-0.25, -0.2) is 0 Å². The molecule has 1 aliphatic rings. The number of hydrogen-bond acceptors (Lipinski definition) is 3. The van der Waals surface area contributed by atoms with Crippen LogP contribution in [-0.4, -0.2) is 36.3 Å². The molecule has 1 fully saturated rings. The molecule has 1 aliphatic heterocycles. The smallest absolute Gasteiger partial charge is 0.251 e. The lowest BCUT2D eigenvalue weighted by Crippen LogP contribution is -2.37. The van der Waals surface area contributed by atoms with E-state index in [1.165, 1.54) is 6.42 Å². The third-order valence-corrected chi connectivity index (χ3v) is 4.28. The predicted octanol–water partition coefficient (Wildman–Crippen LogP) is 2.16. The Hall–Kier alpha value is -1.56. The normalized spacial score (nSPS) is 14.8. The van der Waals surface area contributed by atoms with Gasteiger partial charge in [-0.05, 0) is 53.4 Å². The summed E-state index contributed by atoms with van der Waals surface area (Å²) in [6, 6.07) is 5.02. The van der Waals surface area contributed by atoms with E-state index in [1.54, 1.807) is 18.2 Å². The first-order valence-electron chi connectivity index (χ1n) is 7.19. The van der Waals surface area contributed by atoms with Gasteiger partial charge < -0.3 is 16.0 Å². The lowest BCUT2D eigenvalue weighted by Gasteiger charge is -2.26. The van der Waals surface area contributed by atoms with Crippen LogP contribution in [0.3, 0.4) is 0 Å². The van der Waals surface area contributed by atoms with Gasteiger partial charge >= 0.3 is 0 Å². The molecule has 0 bridgehead atoms. The van der Waals surface area contributed by atoms with Crippen LogP contribution in [0.4, 0.5) is 5.69 Å². The van der Waals surface area contributed by atoms with Crippen molar-refractivity contribution in [2.24, 2.45) is 0 Å². The zero-order valence-electron chi connectivity index (χ0n) is 11.9. The number of benzene rings is 1. The summed E-state index contributed by atoms with van der Waals surface area (Å²) in [6.07, 6.45) is 3.71. The van der Waals surface area contributed by atoms with Crippen LogP contribution in [0.15, 0.2) is 22.7 Å². The first-order valence-corrected chi connectivity index (χ1v) is 7.98. The second kappa shape index (κ2) is 7.45. The third kappa shape index (κ3) is 4.46. The molecule has 1 aromatic carbocycles. The fourth-order valence-electron chi connectivity index (χ4n) is 2.35. The molecular formula is C15H20BrN3O2. The van der Waals surface area contributed by atoms with E-state index in [0.717, 1.165) is 25.9 Å². The summed E-state index contributed by atoms with van der Waals surface area (Å²) < 4.78 is 0.694. The molecule has 114 valence electrons. The summed E-state index contributed by atoms with van der Waals surface area (Å²) in [5, 5.41) is 2.77. The van der Waals surface area contributed by atoms with Gasteiger partial charge in [0, 0.05) is 41.8 Å². The van der Waals surface area contributed by atoms with Crippen molar-refractivity contribution in [2.45, 2.75) is 25.7 Å². The molecule has 0 unspecified atom stereocenters. The van der Waals surface area contributed by atoms with Crippen LogP contribution in [0.2, 0.25) is 0 Å². The quantitative estimate of drug-likeness (QED) is 0.814. The third-order valence-electron chi connectivity index (χ3n) is 3.60. The van der Waals surface area contributed by atoms with Gasteiger partial charge in [0.2, 0.25) is 5.91 Å². The highest BCUT2D eigenvalue weighted by Crippen LogP contribution is 2.20. The molecule has 1 saturated heterocycles. The number of halogens is 1. The molecule has 1 heterocycles. The molecule has 2 rings (SSSR count). The number of carbonyl (C=O) groups excluding carboxylic acids is 2. The van der Waals surface area contributed by atoms with Gasteiger partial charge in [-0.15, -0.1) is 0 Å². The molecule has 0 saturated carbocycles. The van der Waals surface area contributed by atoms with E-state index in [2.05, 4.69) is 21.2 Å². The Bertz CT molecular complexity index is 528. The largest absolute Gasteiger partial charge is 0.398 e. The Morgan fingerprint density at radius 2 is 1.95 bits per heavy atom. The zero-order valence-corrected chi connectivity index (χ0v) is 13.5. The van der Waals surface area contributed by atoms with Crippen LogP contribution < -0.4 is 11.1 Å².